The van der Waals surface area contributed by atoms with Crippen LogP contribution in [0.2, 0.25) is 10.0 Å². The lowest BCUT2D eigenvalue weighted by Crippen LogP contribution is -2.33. The Bertz CT molecular complexity index is 772. The Balaban J connectivity index is 1.92. The molecule has 0 aromatic heterocycles. The second-order valence-corrected chi connectivity index (χ2v) is 7.10. The van der Waals surface area contributed by atoms with Gasteiger partial charge < -0.3 is 0 Å². The first kappa shape index (κ1) is 17.9. The van der Waals surface area contributed by atoms with Crippen LogP contribution in [0.25, 0.3) is 0 Å². The monoisotopic (exact) mass is 375 g/mol. The second kappa shape index (κ2) is 7.56. The highest BCUT2D eigenvalue weighted by Gasteiger charge is 2.40. The topological polar surface area (TPSA) is 35.9 Å². The minimum Gasteiger partial charge on any atom is -0.271 e. The van der Waals surface area contributed by atoms with E-state index < -0.39 is 0 Å². The predicted molar refractivity (Wildman–Crippen MR) is 102 cm³/mol. The van der Waals surface area contributed by atoms with E-state index in [1.54, 1.807) is 18.3 Å². The minimum atomic E-state index is -0.242. The molecule has 25 heavy (non-hydrogen) atoms. The summed E-state index contributed by atoms with van der Waals surface area (Å²) in [5.74, 6) is -0.0288. The normalized spacial score (nSPS) is 18.7. The molecule has 0 saturated carbocycles. The molecule has 4 nitrogen and oxygen atoms in total. The molecule has 2 aromatic carbocycles. The molecule has 1 amide bonds. The fourth-order valence-corrected chi connectivity index (χ4v) is 3.08. The lowest BCUT2D eigenvalue weighted by molar-refractivity contribution is -0.128. The summed E-state index contributed by atoms with van der Waals surface area (Å²) in [5.41, 5.74) is 1.87. The van der Waals surface area contributed by atoms with Crippen molar-refractivity contribution in [2.24, 2.45) is 5.10 Å². The Hall–Kier alpha value is -1.88. The fraction of sp³-hybridized carbons (Fsp3) is 0.263. The lowest BCUT2D eigenvalue weighted by atomic mass is 10.1. The zero-order valence-corrected chi connectivity index (χ0v) is 15.6. The van der Waals surface area contributed by atoms with Crippen LogP contribution in [0.4, 0.5) is 0 Å². The molecule has 0 spiro atoms. The Kier molecular flexibility index (Phi) is 5.42. The molecular weight excluding hydrogens is 357 g/mol. The molecule has 1 aliphatic heterocycles. The Morgan fingerprint density at radius 2 is 1.60 bits per heavy atom. The Labute approximate surface area is 157 Å². The number of rotatable bonds is 4. The van der Waals surface area contributed by atoms with Gasteiger partial charge in [-0.3, -0.25) is 9.69 Å². The third kappa shape index (κ3) is 4.03. The Morgan fingerprint density at radius 3 is 2.16 bits per heavy atom. The third-order valence-electron chi connectivity index (χ3n) is 4.15. The van der Waals surface area contributed by atoms with Crippen molar-refractivity contribution < 1.29 is 4.79 Å². The van der Waals surface area contributed by atoms with Gasteiger partial charge in [0.25, 0.3) is 5.91 Å². The van der Waals surface area contributed by atoms with Crippen molar-refractivity contribution in [3.05, 3.63) is 69.7 Å². The highest BCUT2D eigenvalue weighted by Crippen LogP contribution is 2.33. The van der Waals surface area contributed by atoms with E-state index in [2.05, 4.69) is 23.8 Å². The molecule has 6 heteroatoms. The van der Waals surface area contributed by atoms with Gasteiger partial charge in [-0.15, -0.1) is 0 Å². The Morgan fingerprint density at radius 1 is 1.04 bits per heavy atom. The van der Waals surface area contributed by atoms with E-state index in [0.29, 0.717) is 16.6 Å². The van der Waals surface area contributed by atoms with Crippen LogP contribution in [-0.2, 0) is 4.79 Å². The summed E-state index contributed by atoms with van der Waals surface area (Å²) in [6.07, 6.45) is 1.44. The van der Waals surface area contributed by atoms with E-state index in [-0.39, 0.29) is 18.1 Å². The minimum absolute atomic E-state index is 0.0288. The number of amides is 1. The standard InChI is InChI=1S/C19H19Cl2N3O/c1-13(2)23-12-18(25)24(19(23)15-5-9-17(21)10-6-15)22-11-14-3-7-16(20)8-4-14/h3-11,13,19H,12H2,1-2H3/b22-11-/t19-/m0/s1. The first-order valence-corrected chi connectivity index (χ1v) is 8.84. The smallest absolute Gasteiger partial charge is 0.258 e. The molecule has 0 unspecified atom stereocenters. The summed E-state index contributed by atoms with van der Waals surface area (Å²) < 4.78 is 0. The lowest BCUT2D eigenvalue weighted by Gasteiger charge is -2.30. The summed E-state index contributed by atoms with van der Waals surface area (Å²) in [7, 11) is 0. The van der Waals surface area contributed by atoms with Crippen molar-refractivity contribution in [1.82, 2.24) is 9.91 Å². The van der Waals surface area contributed by atoms with E-state index in [1.165, 1.54) is 5.01 Å². The molecule has 0 radical (unpaired) electrons. The first-order chi connectivity index (χ1) is 12.0. The number of hydrogen-bond acceptors (Lipinski definition) is 3. The molecule has 0 bridgehead atoms. The van der Waals surface area contributed by atoms with Crippen molar-refractivity contribution >= 4 is 35.3 Å². The number of nitrogens with zero attached hydrogens (tertiary/aromatic N) is 3. The van der Waals surface area contributed by atoms with Crippen LogP contribution < -0.4 is 0 Å². The van der Waals surface area contributed by atoms with E-state index in [4.69, 9.17) is 23.2 Å². The zero-order chi connectivity index (χ0) is 18.0. The highest BCUT2D eigenvalue weighted by atomic mass is 35.5. The molecule has 1 fully saturated rings. The summed E-state index contributed by atoms with van der Waals surface area (Å²) >= 11 is 11.9. The van der Waals surface area contributed by atoms with Crippen molar-refractivity contribution in [1.29, 1.82) is 0 Å². The number of carbonyl (C=O) groups is 1. The van der Waals surface area contributed by atoms with Gasteiger partial charge in [-0.25, -0.2) is 5.01 Å². The largest absolute Gasteiger partial charge is 0.271 e. The summed E-state index contributed by atoms with van der Waals surface area (Å²) in [6.45, 7) is 4.48. The summed E-state index contributed by atoms with van der Waals surface area (Å²) in [6, 6.07) is 15.1. The quantitative estimate of drug-likeness (QED) is 0.733. The molecule has 130 valence electrons. The van der Waals surface area contributed by atoms with Gasteiger partial charge in [0, 0.05) is 16.1 Å². The van der Waals surface area contributed by atoms with Gasteiger partial charge in [0.05, 0.1) is 12.8 Å². The van der Waals surface area contributed by atoms with Gasteiger partial charge in [-0.05, 0) is 49.2 Å². The molecule has 3 rings (SSSR count). The zero-order valence-electron chi connectivity index (χ0n) is 14.1. The van der Waals surface area contributed by atoms with Crippen molar-refractivity contribution in [2.75, 3.05) is 6.54 Å². The molecule has 1 aliphatic rings. The first-order valence-electron chi connectivity index (χ1n) is 8.08. The van der Waals surface area contributed by atoms with Crippen LogP contribution in [0.5, 0.6) is 0 Å². The fourth-order valence-electron chi connectivity index (χ4n) is 2.83. The maximum Gasteiger partial charge on any atom is 0.258 e. The number of halogens is 2. The van der Waals surface area contributed by atoms with Gasteiger partial charge in [0.2, 0.25) is 0 Å². The highest BCUT2D eigenvalue weighted by molar-refractivity contribution is 6.30. The average Bonchev–Trinajstić information content (AvgIpc) is 2.92. The van der Waals surface area contributed by atoms with Crippen molar-refractivity contribution in [3.8, 4) is 0 Å². The molecule has 0 aliphatic carbocycles. The van der Waals surface area contributed by atoms with Crippen LogP contribution in [0.1, 0.15) is 31.1 Å². The van der Waals surface area contributed by atoms with Crippen molar-refractivity contribution in [2.45, 2.75) is 26.1 Å². The van der Waals surface area contributed by atoms with Gasteiger partial charge in [-0.2, -0.15) is 5.10 Å². The average molecular weight is 376 g/mol. The van der Waals surface area contributed by atoms with Crippen LogP contribution in [-0.4, -0.2) is 34.6 Å². The van der Waals surface area contributed by atoms with Crippen LogP contribution in [0, 0.1) is 0 Å². The van der Waals surface area contributed by atoms with Crippen LogP contribution >= 0.6 is 23.2 Å². The molecule has 1 saturated heterocycles. The number of carbonyl (C=O) groups excluding carboxylic acids is 1. The molecule has 1 atom stereocenters. The summed E-state index contributed by atoms with van der Waals surface area (Å²) in [4.78, 5) is 14.7. The predicted octanol–water partition coefficient (Wildman–Crippen LogP) is 4.58. The van der Waals surface area contributed by atoms with Gasteiger partial charge in [-0.1, -0.05) is 47.5 Å². The van der Waals surface area contributed by atoms with Gasteiger partial charge in [0.15, 0.2) is 0 Å². The maximum absolute atomic E-state index is 12.5. The molecule has 0 N–H and O–H groups in total. The number of hydrazone groups is 1. The third-order valence-corrected chi connectivity index (χ3v) is 4.66. The summed E-state index contributed by atoms with van der Waals surface area (Å²) in [5, 5.41) is 7.33. The number of hydrogen-bond donors (Lipinski definition) is 0. The molecule has 2 aromatic rings. The maximum atomic E-state index is 12.5. The van der Waals surface area contributed by atoms with Crippen molar-refractivity contribution in [3.63, 3.8) is 0 Å². The number of benzene rings is 2. The SMILES string of the molecule is CC(C)N1CC(=O)N(/N=C\c2ccc(Cl)cc2)[C@H]1c1ccc(Cl)cc1. The van der Waals surface area contributed by atoms with E-state index >= 15 is 0 Å². The van der Waals surface area contributed by atoms with Gasteiger partial charge in [0.1, 0.15) is 6.17 Å². The van der Waals surface area contributed by atoms with Crippen LogP contribution in [0.15, 0.2) is 53.6 Å². The van der Waals surface area contributed by atoms with E-state index in [1.807, 2.05) is 36.4 Å². The van der Waals surface area contributed by atoms with Crippen LogP contribution in [0.3, 0.4) is 0 Å². The molecular formula is C19H19Cl2N3O. The van der Waals surface area contributed by atoms with E-state index in [0.717, 1.165) is 11.1 Å². The van der Waals surface area contributed by atoms with Gasteiger partial charge >= 0.3 is 0 Å². The molecule has 1 heterocycles. The second-order valence-electron chi connectivity index (χ2n) is 6.23. The van der Waals surface area contributed by atoms with E-state index in [9.17, 15) is 4.79 Å².